The zero-order valence-electron chi connectivity index (χ0n) is 24.5. The molecule has 0 aliphatic carbocycles. The Bertz CT molecular complexity index is 1700. The Balaban J connectivity index is 1.95. The molecule has 234 valence electrons. The molecule has 0 saturated carbocycles. The average Bonchev–Trinajstić information content (AvgIpc) is 3.69. The topological polar surface area (TPSA) is 119 Å². The Labute approximate surface area is 272 Å². The van der Waals surface area contributed by atoms with Crippen molar-refractivity contribution in [1.29, 1.82) is 0 Å². The minimum absolute atomic E-state index is 0.0529. The van der Waals surface area contributed by atoms with Crippen molar-refractivity contribution in [2.24, 2.45) is 0 Å². The number of sulfonamides is 1. The summed E-state index contributed by atoms with van der Waals surface area (Å²) in [6, 6.07) is 11.8. The molecule has 1 atom stereocenters. The molecule has 0 spiro atoms. The number of benzene rings is 2. The van der Waals surface area contributed by atoms with Crippen LogP contribution in [0.2, 0.25) is 0 Å². The highest BCUT2D eigenvalue weighted by Crippen LogP contribution is 2.38. The van der Waals surface area contributed by atoms with E-state index in [9.17, 15) is 18.0 Å². The van der Waals surface area contributed by atoms with Crippen LogP contribution in [0.25, 0.3) is 0 Å². The largest absolute Gasteiger partial charge is 0.385 e. The van der Waals surface area contributed by atoms with Gasteiger partial charge in [0.2, 0.25) is 0 Å². The summed E-state index contributed by atoms with van der Waals surface area (Å²) >= 11 is 5.70. The summed E-state index contributed by atoms with van der Waals surface area (Å²) in [4.78, 5) is 34.4. The van der Waals surface area contributed by atoms with E-state index in [1.165, 1.54) is 49.7 Å². The molecular weight excluding hydrogens is 691 g/mol. The summed E-state index contributed by atoms with van der Waals surface area (Å²) in [6.07, 6.45) is 1.48. The second kappa shape index (κ2) is 13.9. The standard InChI is InChI=1S/C30H32BrFN4O5S3/c1-29(2,3)23-18-25(32)22(17-24(23)31)26(37)36(28-33-13-16-42-28)30(12-8-14-41-4,19-20-11-15-43-34-20)27(38)35-44(39,40)21-9-6-5-7-10-21/h5-7,9-11,13,15-18H,8,12,14,19H2,1-4H3,(H,35,38). The molecule has 44 heavy (non-hydrogen) atoms. The van der Waals surface area contributed by atoms with Gasteiger partial charge in [-0.3, -0.25) is 14.5 Å². The lowest BCUT2D eigenvalue weighted by molar-refractivity contribution is -0.125. The second-order valence-electron chi connectivity index (χ2n) is 11.1. The highest BCUT2D eigenvalue weighted by molar-refractivity contribution is 9.10. The van der Waals surface area contributed by atoms with Gasteiger partial charge in [-0.1, -0.05) is 54.9 Å². The van der Waals surface area contributed by atoms with Gasteiger partial charge in [0.1, 0.15) is 11.4 Å². The molecule has 14 heteroatoms. The first-order valence-corrected chi connectivity index (χ1v) is 17.5. The third-order valence-electron chi connectivity index (χ3n) is 6.94. The predicted molar refractivity (Wildman–Crippen MR) is 173 cm³/mol. The number of hydrogen-bond acceptors (Lipinski definition) is 9. The first-order chi connectivity index (χ1) is 20.8. The van der Waals surface area contributed by atoms with Crippen LogP contribution in [0.15, 0.2) is 74.9 Å². The Kier molecular flexibility index (Phi) is 10.7. The van der Waals surface area contributed by atoms with E-state index in [1.54, 1.807) is 22.9 Å². The van der Waals surface area contributed by atoms with Crippen LogP contribution in [0.3, 0.4) is 0 Å². The lowest BCUT2D eigenvalue weighted by Crippen LogP contribution is -2.63. The zero-order chi connectivity index (χ0) is 32.1. The van der Waals surface area contributed by atoms with Crippen molar-refractivity contribution in [1.82, 2.24) is 14.1 Å². The maximum atomic E-state index is 15.9. The van der Waals surface area contributed by atoms with Crippen LogP contribution in [0.4, 0.5) is 9.52 Å². The summed E-state index contributed by atoms with van der Waals surface area (Å²) in [5.74, 6) is -2.64. The fourth-order valence-electron chi connectivity index (χ4n) is 4.78. The van der Waals surface area contributed by atoms with E-state index in [0.29, 0.717) is 15.7 Å². The number of rotatable bonds is 12. The van der Waals surface area contributed by atoms with Crippen molar-refractivity contribution in [3.8, 4) is 0 Å². The van der Waals surface area contributed by atoms with Crippen LogP contribution in [-0.4, -0.2) is 48.8 Å². The maximum Gasteiger partial charge on any atom is 0.264 e. The van der Waals surface area contributed by atoms with Gasteiger partial charge in [0.25, 0.3) is 21.8 Å². The van der Waals surface area contributed by atoms with Gasteiger partial charge in [-0.25, -0.2) is 22.5 Å². The summed E-state index contributed by atoms with van der Waals surface area (Å²) in [5, 5.41) is 3.42. The number of thiazole rings is 1. The van der Waals surface area contributed by atoms with Crippen LogP contribution in [-0.2, 0) is 31.4 Å². The molecule has 0 radical (unpaired) electrons. The van der Waals surface area contributed by atoms with Crippen LogP contribution >= 0.6 is 38.8 Å². The minimum Gasteiger partial charge on any atom is -0.385 e. The first-order valence-electron chi connectivity index (χ1n) is 13.5. The van der Waals surface area contributed by atoms with E-state index in [2.05, 4.69) is 30.0 Å². The highest BCUT2D eigenvalue weighted by atomic mass is 79.9. The van der Waals surface area contributed by atoms with E-state index < -0.39 is 38.6 Å². The molecule has 9 nitrogen and oxygen atoms in total. The summed E-state index contributed by atoms with van der Waals surface area (Å²) < 4.78 is 55.1. The van der Waals surface area contributed by atoms with E-state index in [0.717, 1.165) is 27.8 Å². The van der Waals surface area contributed by atoms with E-state index in [4.69, 9.17) is 4.74 Å². The van der Waals surface area contributed by atoms with Crippen LogP contribution < -0.4 is 9.62 Å². The quantitative estimate of drug-likeness (QED) is 0.169. The van der Waals surface area contributed by atoms with Gasteiger partial charge in [-0.05, 0) is 65.7 Å². The van der Waals surface area contributed by atoms with Crippen molar-refractivity contribution >= 4 is 65.8 Å². The number of methoxy groups -OCH3 is 1. The fraction of sp³-hybridized carbons (Fsp3) is 0.333. The number of nitrogens with zero attached hydrogens (tertiary/aromatic N) is 3. The van der Waals surface area contributed by atoms with Crippen LogP contribution in [0.5, 0.6) is 0 Å². The SMILES string of the molecule is COCCCC(Cc1ccsn1)(C(=O)NS(=O)(=O)c1ccccc1)N(C(=O)c1cc(Br)c(C(C)(C)C)cc1F)c1nccs1. The zero-order valence-corrected chi connectivity index (χ0v) is 28.6. The Hall–Kier alpha value is -3.04. The molecule has 4 aromatic rings. The molecule has 2 aromatic carbocycles. The minimum atomic E-state index is -4.37. The third kappa shape index (κ3) is 7.42. The van der Waals surface area contributed by atoms with Gasteiger partial charge in [-0.15, -0.1) is 11.3 Å². The number of ether oxygens (including phenoxy) is 1. The predicted octanol–water partition coefficient (Wildman–Crippen LogP) is 6.36. The molecule has 0 bridgehead atoms. The Morgan fingerprint density at radius 1 is 1.11 bits per heavy atom. The third-order valence-corrected chi connectivity index (χ3v) is 10.3. The molecule has 0 aliphatic heterocycles. The monoisotopic (exact) mass is 722 g/mol. The van der Waals surface area contributed by atoms with Crippen molar-refractivity contribution in [3.05, 3.63) is 92.6 Å². The number of carbonyl (C=O) groups is 2. The number of anilines is 1. The molecule has 2 heterocycles. The lowest BCUT2D eigenvalue weighted by Gasteiger charge is -2.41. The molecular formula is C30H32BrFN4O5S3. The number of hydrogen-bond donors (Lipinski definition) is 1. The van der Waals surface area contributed by atoms with Gasteiger partial charge >= 0.3 is 0 Å². The molecule has 0 saturated heterocycles. The van der Waals surface area contributed by atoms with E-state index in [1.807, 2.05) is 20.8 Å². The van der Waals surface area contributed by atoms with Gasteiger partial charge in [0.15, 0.2) is 5.13 Å². The molecule has 0 fully saturated rings. The van der Waals surface area contributed by atoms with Gasteiger partial charge in [0.05, 0.1) is 16.2 Å². The first kappa shape index (κ1) is 33.8. The Morgan fingerprint density at radius 3 is 2.43 bits per heavy atom. The van der Waals surface area contributed by atoms with Gasteiger partial charge < -0.3 is 4.74 Å². The van der Waals surface area contributed by atoms with Gasteiger partial charge in [0, 0.05) is 41.6 Å². The normalized spacial score (nSPS) is 13.3. The molecule has 1 unspecified atom stereocenters. The summed E-state index contributed by atoms with van der Waals surface area (Å²) in [7, 11) is -2.87. The average molecular weight is 724 g/mol. The van der Waals surface area contributed by atoms with Crippen molar-refractivity contribution in [3.63, 3.8) is 0 Å². The second-order valence-corrected chi connectivity index (χ2v) is 15.1. The van der Waals surface area contributed by atoms with Crippen LogP contribution in [0, 0.1) is 5.82 Å². The smallest absolute Gasteiger partial charge is 0.264 e. The Morgan fingerprint density at radius 2 is 1.84 bits per heavy atom. The van der Waals surface area contributed by atoms with E-state index in [-0.39, 0.29) is 41.5 Å². The summed E-state index contributed by atoms with van der Waals surface area (Å²) in [5.41, 5.74) is -1.57. The van der Waals surface area contributed by atoms with Crippen molar-refractivity contribution in [2.45, 2.75) is 55.9 Å². The molecule has 2 aromatic heterocycles. The molecule has 0 aliphatic rings. The lowest BCUT2D eigenvalue weighted by atomic mass is 9.84. The maximum absolute atomic E-state index is 15.9. The number of aromatic nitrogens is 2. The molecule has 1 N–H and O–H groups in total. The van der Waals surface area contributed by atoms with E-state index >= 15 is 4.39 Å². The number of amides is 2. The van der Waals surface area contributed by atoms with Crippen LogP contribution in [0.1, 0.15) is 55.2 Å². The number of nitrogens with one attached hydrogen (secondary N) is 1. The molecule has 4 rings (SSSR count). The van der Waals surface area contributed by atoms with Crippen molar-refractivity contribution in [2.75, 3.05) is 18.6 Å². The highest BCUT2D eigenvalue weighted by Gasteiger charge is 2.50. The fourth-order valence-corrected chi connectivity index (χ4v) is 8.06. The molecule has 2 amide bonds. The van der Waals surface area contributed by atoms with Crippen molar-refractivity contribution < 1.29 is 27.1 Å². The number of halogens is 2. The number of carbonyl (C=O) groups excluding carboxylic acids is 2. The van der Waals surface area contributed by atoms with Gasteiger partial charge in [-0.2, -0.15) is 4.37 Å². The summed E-state index contributed by atoms with van der Waals surface area (Å²) in [6.45, 7) is 5.96.